The lowest BCUT2D eigenvalue weighted by Gasteiger charge is -2.27. The number of carbonyl (C=O) groups is 1. The monoisotopic (exact) mass is 453 g/mol. The SMILES string of the molecule is CCCCCCCSC#CN=CONc1cccc(N(C)C(C(=O)O)c2ccccc2)c1. The fraction of sp³-hybridized carbons (Fsp3) is 0.360. The Balaban J connectivity index is 1.82. The highest BCUT2D eigenvalue weighted by Crippen LogP contribution is 2.27. The third kappa shape index (κ3) is 8.94. The van der Waals surface area contributed by atoms with Gasteiger partial charge in [0, 0.05) is 24.5 Å². The number of anilines is 2. The second-order valence-electron chi connectivity index (χ2n) is 7.24. The molecule has 170 valence electrons. The lowest BCUT2D eigenvalue weighted by Crippen LogP contribution is -2.30. The van der Waals surface area contributed by atoms with E-state index < -0.39 is 12.0 Å². The van der Waals surface area contributed by atoms with Crippen LogP contribution in [0.4, 0.5) is 11.4 Å². The molecule has 0 saturated carbocycles. The molecule has 0 aliphatic carbocycles. The van der Waals surface area contributed by atoms with Crippen molar-refractivity contribution in [3.05, 3.63) is 60.2 Å². The van der Waals surface area contributed by atoms with E-state index in [0.717, 1.165) is 11.4 Å². The van der Waals surface area contributed by atoms with Gasteiger partial charge in [-0.3, -0.25) is 0 Å². The van der Waals surface area contributed by atoms with E-state index in [1.165, 1.54) is 38.5 Å². The summed E-state index contributed by atoms with van der Waals surface area (Å²) >= 11 is 1.57. The van der Waals surface area contributed by atoms with E-state index >= 15 is 0 Å². The van der Waals surface area contributed by atoms with Crippen LogP contribution in [0.5, 0.6) is 0 Å². The van der Waals surface area contributed by atoms with Crippen LogP contribution in [-0.2, 0) is 9.63 Å². The van der Waals surface area contributed by atoms with Crippen molar-refractivity contribution in [2.75, 3.05) is 23.2 Å². The molecule has 0 amide bonds. The Morgan fingerprint density at radius 2 is 1.97 bits per heavy atom. The number of benzene rings is 2. The Morgan fingerprint density at radius 1 is 1.19 bits per heavy atom. The minimum Gasteiger partial charge on any atom is -0.479 e. The maximum Gasteiger partial charge on any atom is 0.331 e. The van der Waals surface area contributed by atoms with Gasteiger partial charge in [0.05, 0.1) is 5.69 Å². The van der Waals surface area contributed by atoms with E-state index in [-0.39, 0.29) is 0 Å². The van der Waals surface area contributed by atoms with Crippen LogP contribution < -0.4 is 10.4 Å². The normalized spacial score (nSPS) is 11.4. The van der Waals surface area contributed by atoms with Crippen LogP contribution in [0.1, 0.15) is 50.6 Å². The van der Waals surface area contributed by atoms with Crippen LogP contribution in [0.2, 0.25) is 0 Å². The number of thioether (sulfide) groups is 1. The number of carboxylic acid groups (broad SMARTS) is 1. The lowest BCUT2D eigenvalue weighted by atomic mass is 10.1. The summed E-state index contributed by atoms with van der Waals surface area (Å²) in [6, 6.07) is 18.4. The van der Waals surface area contributed by atoms with E-state index in [0.29, 0.717) is 11.3 Å². The highest BCUT2D eigenvalue weighted by atomic mass is 32.2. The van der Waals surface area contributed by atoms with Gasteiger partial charge in [-0.15, -0.1) is 0 Å². The van der Waals surface area contributed by atoms with E-state index in [4.69, 9.17) is 4.84 Å². The molecule has 0 fully saturated rings. The average Bonchev–Trinajstić information content (AvgIpc) is 2.80. The number of aliphatic imine (C=N–C) groups is 1. The number of carboxylic acids is 1. The van der Waals surface area contributed by atoms with Gasteiger partial charge in [0.25, 0.3) is 0 Å². The molecule has 0 aromatic heterocycles. The van der Waals surface area contributed by atoms with Crippen molar-refractivity contribution in [1.82, 2.24) is 0 Å². The van der Waals surface area contributed by atoms with Gasteiger partial charge in [-0.05, 0) is 35.4 Å². The molecule has 0 heterocycles. The van der Waals surface area contributed by atoms with Crippen molar-refractivity contribution in [3.63, 3.8) is 0 Å². The van der Waals surface area contributed by atoms with Gasteiger partial charge < -0.3 is 14.8 Å². The largest absolute Gasteiger partial charge is 0.479 e. The standard InChI is InChI=1S/C25H31N3O3S/c1-3-4-5-6-10-17-32-18-16-26-20-31-27-22-14-11-15-23(19-22)28(2)24(25(29)30)21-12-8-7-9-13-21/h7-9,11-15,19-20,24,27H,3-6,10,17H2,1-2H3,(H,29,30). The van der Waals surface area contributed by atoms with Crippen molar-refractivity contribution < 1.29 is 14.7 Å². The molecule has 0 bridgehead atoms. The fourth-order valence-corrected chi connectivity index (χ4v) is 3.71. The zero-order valence-corrected chi connectivity index (χ0v) is 19.5. The topological polar surface area (TPSA) is 74.2 Å². The Bertz CT molecular complexity index is 909. The van der Waals surface area contributed by atoms with Crippen molar-refractivity contribution >= 4 is 35.5 Å². The first-order valence-corrected chi connectivity index (χ1v) is 11.8. The number of aliphatic carboxylic acids is 1. The summed E-state index contributed by atoms with van der Waals surface area (Å²) in [5.41, 5.74) is 4.90. The number of hydrogen-bond donors (Lipinski definition) is 2. The molecule has 0 aliphatic heterocycles. The van der Waals surface area contributed by atoms with Crippen LogP contribution >= 0.6 is 11.8 Å². The summed E-state index contributed by atoms with van der Waals surface area (Å²) < 4.78 is 0. The molecular formula is C25H31N3O3S. The van der Waals surface area contributed by atoms with Crippen LogP contribution in [-0.4, -0.2) is 30.3 Å². The lowest BCUT2D eigenvalue weighted by molar-refractivity contribution is -0.138. The van der Waals surface area contributed by atoms with E-state index in [2.05, 4.69) is 28.7 Å². The highest BCUT2D eigenvalue weighted by Gasteiger charge is 2.25. The van der Waals surface area contributed by atoms with Crippen LogP contribution in [0.3, 0.4) is 0 Å². The minimum atomic E-state index is -0.919. The minimum absolute atomic E-state index is 0.674. The summed E-state index contributed by atoms with van der Waals surface area (Å²) in [5, 5.41) is 12.7. The van der Waals surface area contributed by atoms with Crippen molar-refractivity contribution in [2.24, 2.45) is 4.99 Å². The first-order chi connectivity index (χ1) is 15.6. The van der Waals surface area contributed by atoms with E-state index in [1.807, 2.05) is 54.6 Å². The molecule has 32 heavy (non-hydrogen) atoms. The molecule has 0 aliphatic rings. The zero-order valence-electron chi connectivity index (χ0n) is 18.7. The summed E-state index contributed by atoms with van der Waals surface area (Å²) in [7, 11) is 1.75. The third-order valence-electron chi connectivity index (χ3n) is 4.80. The van der Waals surface area contributed by atoms with Crippen molar-refractivity contribution in [3.8, 4) is 11.3 Å². The predicted octanol–water partition coefficient (Wildman–Crippen LogP) is 5.94. The number of unbranched alkanes of at least 4 members (excludes halogenated alkanes) is 4. The van der Waals surface area contributed by atoms with Gasteiger partial charge in [-0.1, -0.05) is 80.8 Å². The molecule has 2 rings (SSSR count). The van der Waals surface area contributed by atoms with Gasteiger partial charge in [0.1, 0.15) is 0 Å². The first-order valence-electron chi connectivity index (χ1n) is 10.8. The molecule has 1 unspecified atom stereocenters. The van der Waals surface area contributed by atoms with E-state index in [9.17, 15) is 9.90 Å². The van der Waals surface area contributed by atoms with Gasteiger partial charge in [-0.25, -0.2) is 10.3 Å². The molecule has 2 aromatic carbocycles. The molecule has 0 radical (unpaired) electrons. The average molecular weight is 454 g/mol. The smallest absolute Gasteiger partial charge is 0.331 e. The molecule has 6 nitrogen and oxygen atoms in total. The number of nitrogens with zero attached hydrogens (tertiary/aromatic N) is 2. The van der Waals surface area contributed by atoms with E-state index in [1.54, 1.807) is 23.7 Å². The van der Waals surface area contributed by atoms with Crippen molar-refractivity contribution in [2.45, 2.75) is 45.1 Å². The number of likely N-dealkylation sites (N-methyl/N-ethyl adjacent to an activating group) is 1. The number of hydrogen-bond acceptors (Lipinski definition) is 6. The van der Waals surface area contributed by atoms with Gasteiger partial charge in [-0.2, -0.15) is 4.99 Å². The predicted molar refractivity (Wildman–Crippen MR) is 134 cm³/mol. The van der Waals surface area contributed by atoms with Crippen LogP contribution in [0.15, 0.2) is 59.6 Å². The number of rotatable bonds is 13. The molecule has 2 N–H and O–H groups in total. The fourth-order valence-electron chi connectivity index (χ4n) is 3.14. The zero-order chi connectivity index (χ0) is 23.0. The third-order valence-corrected chi connectivity index (χ3v) is 5.53. The summed E-state index contributed by atoms with van der Waals surface area (Å²) in [4.78, 5) is 22.7. The highest BCUT2D eigenvalue weighted by molar-refractivity contribution is 8.03. The Kier molecular flexibility index (Phi) is 11.6. The first kappa shape index (κ1) is 25.2. The summed E-state index contributed by atoms with van der Waals surface area (Å²) in [5.74, 6) is 0.101. The maximum atomic E-state index is 11.9. The van der Waals surface area contributed by atoms with Gasteiger partial charge in [0.2, 0.25) is 6.40 Å². The molecule has 0 spiro atoms. The van der Waals surface area contributed by atoms with Crippen LogP contribution in [0, 0.1) is 11.3 Å². The van der Waals surface area contributed by atoms with Gasteiger partial charge >= 0.3 is 5.97 Å². The maximum absolute atomic E-state index is 11.9. The molecule has 2 aromatic rings. The molecule has 1 atom stereocenters. The van der Waals surface area contributed by atoms with Crippen LogP contribution in [0.25, 0.3) is 0 Å². The second-order valence-corrected chi connectivity index (χ2v) is 8.14. The summed E-state index contributed by atoms with van der Waals surface area (Å²) in [6.07, 6.45) is 7.53. The Morgan fingerprint density at radius 3 is 2.72 bits per heavy atom. The number of nitrogens with one attached hydrogen (secondary N) is 1. The van der Waals surface area contributed by atoms with Gasteiger partial charge in [0.15, 0.2) is 6.04 Å². The second kappa shape index (κ2) is 14.8. The quantitative estimate of drug-likeness (QED) is 0.128. The van der Waals surface area contributed by atoms with Crippen molar-refractivity contribution in [1.29, 1.82) is 0 Å². The summed E-state index contributed by atoms with van der Waals surface area (Å²) in [6.45, 7) is 2.21. The Labute approximate surface area is 195 Å². The Hall–Kier alpha value is -3.11. The molecule has 0 saturated heterocycles. The molecular weight excluding hydrogens is 422 g/mol. The molecule has 7 heteroatoms.